The third-order valence-corrected chi connectivity index (χ3v) is 3.21. The fourth-order valence-electron chi connectivity index (χ4n) is 1.74. The average Bonchev–Trinajstić information content (AvgIpc) is 2.60. The lowest BCUT2D eigenvalue weighted by molar-refractivity contribution is -0.137. The van der Waals surface area contributed by atoms with E-state index in [9.17, 15) is 13.2 Å². The molecule has 0 aliphatic heterocycles. The van der Waals surface area contributed by atoms with Crippen molar-refractivity contribution in [1.29, 1.82) is 0 Å². The molecule has 0 amide bonds. The Bertz CT molecular complexity index is 562. The van der Waals surface area contributed by atoms with Gasteiger partial charge in [0.05, 0.1) is 16.6 Å². The van der Waals surface area contributed by atoms with E-state index < -0.39 is 11.7 Å². The van der Waals surface area contributed by atoms with Crippen molar-refractivity contribution in [1.82, 2.24) is 9.55 Å². The van der Waals surface area contributed by atoms with Crippen molar-refractivity contribution in [2.75, 3.05) is 17.7 Å². The highest BCUT2D eigenvalue weighted by Gasteiger charge is 2.31. The molecule has 0 spiro atoms. The van der Waals surface area contributed by atoms with Crippen molar-refractivity contribution in [3.8, 4) is 0 Å². The van der Waals surface area contributed by atoms with Crippen LogP contribution in [0.2, 0.25) is 0 Å². The molecule has 1 heterocycles. The minimum Gasteiger partial charge on any atom is -0.369 e. The molecule has 0 radical (unpaired) electrons. The summed E-state index contributed by atoms with van der Waals surface area (Å²) in [6.45, 7) is 0.634. The van der Waals surface area contributed by atoms with Crippen molar-refractivity contribution in [3.05, 3.63) is 23.8 Å². The lowest BCUT2D eigenvalue weighted by atomic mass is 10.2. The molecule has 0 aliphatic rings. The number of alkyl halides is 3. The van der Waals surface area contributed by atoms with Gasteiger partial charge in [0.2, 0.25) is 5.95 Å². The van der Waals surface area contributed by atoms with Crippen LogP contribution in [0.25, 0.3) is 11.0 Å². The van der Waals surface area contributed by atoms with E-state index in [0.717, 1.165) is 17.9 Å². The van der Waals surface area contributed by atoms with Gasteiger partial charge in [0.25, 0.3) is 0 Å². The van der Waals surface area contributed by atoms with Crippen LogP contribution in [-0.4, -0.2) is 21.6 Å². The first-order valence-corrected chi connectivity index (χ1v) is 6.65. The van der Waals surface area contributed by atoms with Crippen LogP contribution in [0.4, 0.5) is 19.1 Å². The number of anilines is 1. The van der Waals surface area contributed by atoms with Gasteiger partial charge in [0.1, 0.15) is 0 Å². The fraction of sp³-hybridized carbons (Fsp3) is 0.364. The predicted molar refractivity (Wildman–Crippen MR) is 67.5 cm³/mol. The van der Waals surface area contributed by atoms with Gasteiger partial charge in [-0.2, -0.15) is 24.9 Å². The Balaban J connectivity index is 2.48. The Labute approximate surface area is 106 Å². The van der Waals surface area contributed by atoms with Gasteiger partial charge in [-0.1, -0.05) is 0 Å². The van der Waals surface area contributed by atoms with E-state index in [0.29, 0.717) is 12.1 Å². The molecule has 0 aliphatic carbocycles. The Morgan fingerprint density at radius 1 is 1.39 bits per heavy atom. The molecule has 3 nitrogen and oxygen atoms in total. The SMILES string of the molecule is CSCCn1c(N)nc2cc(C(F)(F)F)ccc21. The predicted octanol–water partition coefficient (Wildman–Crippen LogP) is 3.00. The van der Waals surface area contributed by atoms with E-state index >= 15 is 0 Å². The van der Waals surface area contributed by atoms with Crippen LogP contribution in [0, 0.1) is 0 Å². The van der Waals surface area contributed by atoms with Gasteiger partial charge in [-0.05, 0) is 24.5 Å². The van der Waals surface area contributed by atoms with Gasteiger partial charge in [0, 0.05) is 12.3 Å². The monoisotopic (exact) mass is 275 g/mol. The van der Waals surface area contributed by atoms with Gasteiger partial charge in [-0.3, -0.25) is 0 Å². The van der Waals surface area contributed by atoms with Crippen molar-refractivity contribution < 1.29 is 13.2 Å². The molecule has 2 aromatic rings. The van der Waals surface area contributed by atoms with Crippen molar-refractivity contribution in [2.45, 2.75) is 12.7 Å². The molecular formula is C11H12F3N3S. The maximum absolute atomic E-state index is 12.6. The third-order valence-electron chi connectivity index (χ3n) is 2.62. The van der Waals surface area contributed by atoms with Crippen LogP contribution in [0.15, 0.2) is 18.2 Å². The van der Waals surface area contributed by atoms with Gasteiger partial charge in [-0.25, -0.2) is 4.98 Å². The van der Waals surface area contributed by atoms with Crippen LogP contribution in [-0.2, 0) is 12.7 Å². The first kappa shape index (κ1) is 13.1. The van der Waals surface area contributed by atoms with Gasteiger partial charge >= 0.3 is 6.18 Å². The molecule has 18 heavy (non-hydrogen) atoms. The summed E-state index contributed by atoms with van der Waals surface area (Å²) in [5.41, 5.74) is 5.93. The first-order chi connectivity index (χ1) is 8.43. The van der Waals surface area contributed by atoms with Crippen LogP contribution < -0.4 is 5.73 Å². The molecule has 2 rings (SSSR count). The number of hydrogen-bond acceptors (Lipinski definition) is 3. The van der Waals surface area contributed by atoms with E-state index in [1.807, 2.05) is 6.26 Å². The topological polar surface area (TPSA) is 43.8 Å². The quantitative estimate of drug-likeness (QED) is 0.936. The highest BCUT2D eigenvalue weighted by Crippen LogP contribution is 2.31. The van der Waals surface area contributed by atoms with E-state index in [4.69, 9.17) is 5.73 Å². The summed E-state index contributed by atoms with van der Waals surface area (Å²) in [5.74, 6) is 1.08. The second kappa shape index (κ2) is 4.72. The number of rotatable bonds is 3. The standard InChI is InChI=1S/C11H12F3N3S/c1-18-5-4-17-9-3-2-7(11(12,13)14)6-8(9)16-10(17)15/h2-3,6H,4-5H2,1H3,(H2,15,16). The highest BCUT2D eigenvalue weighted by molar-refractivity contribution is 7.98. The molecule has 1 aromatic heterocycles. The lowest BCUT2D eigenvalue weighted by Gasteiger charge is -2.07. The van der Waals surface area contributed by atoms with E-state index in [2.05, 4.69) is 4.98 Å². The van der Waals surface area contributed by atoms with Crippen LogP contribution >= 0.6 is 11.8 Å². The number of aryl methyl sites for hydroxylation is 1. The fourth-order valence-corrected chi connectivity index (χ4v) is 2.11. The summed E-state index contributed by atoms with van der Waals surface area (Å²) in [6.07, 6.45) is -2.40. The summed E-state index contributed by atoms with van der Waals surface area (Å²) in [4.78, 5) is 3.97. The molecule has 0 fully saturated rings. The van der Waals surface area contributed by atoms with E-state index in [1.165, 1.54) is 6.07 Å². The number of nitrogens with zero attached hydrogens (tertiary/aromatic N) is 2. The zero-order chi connectivity index (χ0) is 13.3. The molecule has 0 unspecified atom stereocenters. The molecule has 0 saturated heterocycles. The van der Waals surface area contributed by atoms with Crippen LogP contribution in [0.5, 0.6) is 0 Å². The van der Waals surface area contributed by atoms with Crippen molar-refractivity contribution in [2.24, 2.45) is 0 Å². The summed E-state index contributed by atoms with van der Waals surface area (Å²) in [7, 11) is 0. The van der Waals surface area contributed by atoms with Crippen LogP contribution in [0.1, 0.15) is 5.56 Å². The second-order valence-electron chi connectivity index (χ2n) is 3.82. The van der Waals surface area contributed by atoms with Crippen molar-refractivity contribution in [3.63, 3.8) is 0 Å². The van der Waals surface area contributed by atoms with E-state index in [1.54, 1.807) is 16.3 Å². The summed E-state index contributed by atoms with van der Waals surface area (Å²) in [6, 6.07) is 3.50. The highest BCUT2D eigenvalue weighted by atomic mass is 32.2. The number of nitrogens with two attached hydrogens (primary N) is 1. The number of halogens is 3. The van der Waals surface area contributed by atoms with Crippen molar-refractivity contribution >= 4 is 28.7 Å². The smallest absolute Gasteiger partial charge is 0.369 e. The maximum atomic E-state index is 12.6. The summed E-state index contributed by atoms with van der Waals surface area (Å²) < 4.78 is 39.4. The molecule has 2 N–H and O–H groups in total. The van der Waals surface area contributed by atoms with Gasteiger partial charge < -0.3 is 10.3 Å². The Kier molecular flexibility index (Phi) is 3.43. The normalized spacial score (nSPS) is 12.2. The molecule has 0 bridgehead atoms. The molecule has 0 saturated carbocycles. The number of fused-ring (bicyclic) bond motifs is 1. The van der Waals surface area contributed by atoms with Gasteiger partial charge in [-0.15, -0.1) is 0 Å². The number of hydrogen-bond donors (Lipinski definition) is 1. The first-order valence-electron chi connectivity index (χ1n) is 5.25. The minimum absolute atomic E-state index is 0.248. The van der Waals surface area contributed by atoms with Crippen LogP contribution in [0.3, 0.4) is 0 Å². The zero-order valence-electron chi connectivity index (χ0n) is 9.66. The zero-order valence-corrected chi connectivity index (χ0v) is 10.5. The maximum Gasteiger partial charge on any atom is 0.416 e. The molecule has 0 atom stereocenters. The molecule has 7 heteroatoms. The Hall–Kier alpha value is -1.37. The molecule has 98 valence electrons. The summed E-state index contributed by atoms with van der Waals surface area (Å²) >= 11 is 1.64. The Morgan fingerprint density at radius 3 is 2.72 bits per heavy atom. The number of thioether (sulfide) groups is 1. The van der Waals surface area contributed by atoms with Gasteiger partial charge in [0.15, 0.2) is 0 Å². The number of benzene rings is 1. The average molecular weight is 275 g/mol. The number of nitrogen functional groups attached to an aromatic ring is 1. The second-order valence-corrected chi connectivity index (χ2v) is 4.80. The largest absolute Gasteiger partial charge is 0.416 e. The van der Waals surface area contributed by atoms with E-state index in [-0.39, 0.29) is 11.5 Å². The lowest BCUT2D eigenvalue weighted by Crippen LogP contribution is -2.06. The third kappa shape index (κ3) is 2.40. The Morgan fingerprint density at radius 2 is 2.11 bits per heavy atom. The minimum atomic E-state index is -4.36. The number of imidazole rings is 1. The molecular weight excluding hydrogens is 263 g/mol. The molecule has 1 aromatic carbocycles. The number of aromatic nitrogens is 2. The summed E-state index contributed by atoms with van der Waals surface area (Å²) in [5, 5.41) is 0.